The van der Waals surface area contributed by atoms with Crippen molar-refractivity contribution in [3.05, 3.63) is 59.2 Å². The highest BCUT2D eigenvalue weighted by atomic mass is 19.2. The molecule has 31 heavy (non-hydrogen) atoms. The van der Waals surface area contributed by atoms with Crippen LogP contribution in [0.2, 0.25) is 0 Å². The van der Waals surface area contributed by atoms with Crippen molar-refractivity contribution in [2.24, 2.45) is 5.10 Å². The molecule has 0 saturated carbocycles. The molecule has 7 nitrogen and oxygen atoms in total. The normalized spacial score (nSPS) is 13.6. The molecule has 162 valence electrons. The third-order valence-corrected chi connectivity index (χ3v) is 4.27. The van der Waals surface area contributed by atoms with Gasteiger partial charge in [0.1, 0.15) is 11.4 Å². The maximum atomic E-state index is 14.1. The molecular weight excluding hydrogens is 422 g/mol. The van der Waals surface area contributed by atoms with Crippen molar-refractivity contribution < 1.29 is 36.7 Å². The van der Waals surface area contributed by atoms with E-state index in [-0.39, 0.29) is 41.1 Å². The van der Waals surface area contributed by atoms with Crippen LogP contribution in [-0.2, 0) is 14.3 Å². The van der Waals surface area contributed by atoms with Crippen molar-refractivity contribution >= 4 is 34.9 Å². The molecule has 0 radical (unpaired) electrons. The minimum absolute atomic E-state index is 0.00770. The average molecular weight is 437 g/mol. The van der Waals surface area contributed by atoms with Crippen LogP contribution in [0.15, 0.2) is 35.4 Å². The summed E-state index contributed by atoms with van der Waals surface area (Å²) in [7, 11) is 0. The molecule has 11 heteroatoms. The number of carbonyl (C=O) groups excluding carboxylic acids is 3. The van der Waals surface area contributed by atoms with Crippen LogP contribution < -0.4 is 10.3 Å². The third kappa shape index (κ3) is 4.39. The van der Waals surface area contributed by atoms with Crippen molar-refractivity contribution in [1.29, 1.82) is 0 Å². The molecule has 1 aliphatic rings. The van der Waals surface area contributed by atoms with Crippen LogP contribution in [0.3, 0.4) is 0 Å². The largest absolute Gasteiger partial charge is 0.462 e. The maximum absolute atomic E-state index is 14.1. The summed E-state index contributed by atoms with van der Waals surface area (Å²) >= 11 is 0. The number of ether oxygens (including phenoxy) is 1. The van der Waals surface area contributed by atoms with Crippen LogP contribution >= 0.6 is 0 Å². The van der Waals surface area contributed by atoms with Gasteiger partial charge in [0.2, 0.25) is 5.91 Å². The molecule has 0 bridgehead atoms. The van der Waals surface area contributed by atoms with Gasteiger partial charge >= 0.3 is 5.97 Å². The maximum Gasteiger partial charge on any atom is 0.340 e. The molecule has 0 unspecified atom stereocenters. The lowest BCUT2D eigenvalue weighted by molar-refractivity contribution is -0.118. The lowest BCUT2D eigenvalue weighted by Crippen LogP contribution is -2.37. The summed E-state index contributed by atoms with van der Waals surface area (Å²) in [4.78, 5) is 36.8. The molecule has 3 rings (SSSR count). The van der Waals surface area contributed by atoms with Gasteiger partial charge in [0.05, 0.1) is 17.9 Å². The first kappa shape index (κ1) is 21.9. The lowest BCUT2D eigenvalue weighted by Gasteiger charge is -2.24. The van der Waals surface area contributed by atoms with Crippen LogP contribution in [0.1, 0.15) is 30.1 Å². The lowest BCUT2D eigenvalue weighted by atomic mass is 10.1. The van der Waals surface area contributed by atoms with Crippen LogP contribution in [0.5, 0.6) is 0 Å². The first-order valence-electron chi connectivity index (χ1n) is 9.05. The number of nitrogens with zero attached hydrogens (tertiary/aromatic N) is 2. The number of esters is 1. The molecule has 1 N–H and O–H groups in total. The standard InChI is InChI=1S/C20H15F4N3O4/c1-2-31-20(30)10-5-3-4-6-13(10)25-19(29)14-7-8-15(28)27(26-14)18-16(23)11(21)9-12(22)17(18)24/h3-6,9H,2,7-8H2,1H3,(H,25,29). The molecule has 2 aromatic rings. The van der Waals surface area contributed by atoms with Gasteiger partial charge in [-0.15, -0.1) is 0 Å². The van der Waals surface area contributed by atoms with Gasteiger partial charge < -0.3 is 10.1 Å². The summed E-state index contributed by atoms with van der Waals surface area (Å²) in [5, 5.41) is 6.13. The SMILES string of the molecule is CCOC(=O)c1ccccc1NC(=O)C1=NN(c2c(F)c(F)cc(F)c2F)C(=O)CC1. The van der Waals surface area contributed by atoms with E-state index in [2.05, 4.69) is 10.4 Å². The Morgan fingerprint density at radius 3 is 2.39 bits per heavy atom. The number of halogens is 4. The smallest absolute Gasteiger partial charge is 0.340 e. The first-order valence-corrected chi connectivity index (χ1v) is 9.05. The summed E-state index contributed by atoms with van der Waals surface area (Å²) in [6, 6.07) is 5.90. The highest BCUT2D eigenvalue weighted by Crippen LogP contribution is 2.30. The number of hydrazone groups is 1. The Hall–Kier alpha value is -3.76. The summed E-state index contributed by atoms with van der Waals surface area (Å²) in [6.07, 6.45) is -0.605. The Morgan fingerprint density at radius 1 is 1.10 bits per heavy atom. The fourth-order valence-corrected chi connectivity index (χ4v) is 2.81. The molecule has 1 aliphatic heterocycles. The zero-order valence-corrected chi connectivity index (χ0v) is 16.0. The number of amides is 2. The molecule has 1 heterocycles. The Kier molecular flexibility index (Phi) is 6.33. The Morgan fingerprint density at radius 2 is 1.74 bits per heavy atom. The van der Waals surface area contributed by atoms with Gasteiger partial charge in [-0.2, -0.15) is 10.1 Å². The van der Waals surface area contributed by atoms with Crippen molar-refractivity contribution in [3.63, 3.8) is 0 Å². The summed E-state index contributed by atoms with van der Waals surface area (Å²) in [6.45, 7) is 1.71. The zero-order chi connectivity index (χ0) is 22.7. The summed E-state index contributed by atoms with van der Waals surface area (Å²) in [5.41, 5.74) is -1.58. The highest BCUT2D eigenvalue weighted by Gasteiger charge is 2.32. The number of hydrogen-bond acceptors (Lipinski definition) is 5. The van der Waals surface area contributed by atoms with Gasteiger partial charge in [-0.1, -0.05) is 12.1 Å². The summed E-state index contributed by atoms with van der Waals surface area (Å²) in [5.74, 6) is -9.65. The van der Waals surface area contributed by atoms with E-state index in [4.69, 9.17) is 4.74 Å². The minimum atomic E-state index is -1.83. The van der Waals surface area contributed by atoms with E-state index < -0.39 is 53.2 Å². The van der Waals surface area contributed by atoms with E-state index in [1.54, 1.807) is 13.0 Å². The van der Waals surface area contributed by atoms with E-state index in [0.29, 0.717) is 0 Å². The Bertz CT molecular complexity index is 1080. The van der Waals surface area contributed by atoms with Gasteiger partial charge in [-0.05, 0) is 19.1 Å². The Labute approximate surface area is 173 Å². The number of nitrogens with one attached hydrogen (secondary N) is 1. The van der Waals surface area contributed by atoms with Crippen molar-refractivity contribution in [1.82, 2.24) is 0 Å². The van der Waals surface area contributed by atoms with Crippen molar-refractivity contribution in [2.75, 3.05) is 16.9 Å². The van der Waals surface area contributed by atoms with Crippen LogP contribution in [0.25, 0.3) is 0 Å². The van der Waals surface area contributed by atoms with Crippen LogP contribution in [0, 0.1) is 23.3 Å². The number of para-hydroxylation sites is 1. The molecule has 0 atom stereocenters. The first-order chi connectivity index (χ1) is 14.7. The predicted octanol–water partition coefficient (Wildman–Crippen LogP) is 3.54. The second-order valence-electron chi connectivity index (χ2n) is 6.29. The van der Waals surface area contributed by atoms with Crippen LogP contribution in [-0.4, -0.2) is 30.1 Å². The molecule has 0 saturated heterocycles. The molecule has 0 aliphatic carbocycles. The molecular formula is C20H15F4N3O4. The number of carbonyl (C=O) groups is 3. The topological polar surface area (TPSA) is 88.1 Å². The van der Waals surface area contributed by atoms with Gasteiger partial charge in [-0.25, -0.2) is 22.4 Å². The average Bonchev–Trinajstić information content (AvgIpc) is 2.74. The van der Waals surface area contributed by atoms with Crippen LogP contribution in [0.4, 0.5) is 28.9 Å². The van der Waals surface area contributed by atoms with Gasteiger partial charge in [0, 0.05) is 18.9 Å². The quantitative estimate of drug-likeness (QED) is 0.440. The third-order valence-electron chi connectivity index (χ3n) is 4.27. The second kappa shape index (κ2) is 8.94. The molecule has 0 fully saturated rings. The Balaban J connectivity index is 1.94. The number of benzene rings is 2. The van der Waals surface area contributed by atoms with E-state index in [0.717, 1.165) is 0 Å². The second-order valence-corrected chi connectivity index (χ2v) is 6.29. The zero-order valence-electron chi connectivity index (χ0n) is 16.0. The number of hydrogen-bond donors (Lipinski definition) is 1. The van der Waals surface area contributed by atoms with E-state index >= 15 is 0 Å². The van der Waals surface area contributed by atoms with Gasteiger partial charge in [0.25, 0.3) is 5.91 Å². The van der Waals surface area contributed by atoms with E-state index in [1.807, 2.05) is 0 Å². The summed E-state index contributed by atoms with van der Waals surface area (Å²) < 4.78 is 60.2. The van der Waals surface area contributed by atoms with Gasteiger partial charge in [0.15, 0.2) is 23.3 Å². The number of rotatable bonds is 5. The minimum Gasteiger partial charge on any atom is -0.462 e. The van der Waals surface area contributed by atoms with E-state index in [9.17, 15) is 31.9 Å². The highest BCUT2D eigenvalue weighted by molar-refractivity contribution is 6.44. The van der Waals surface area contributed by atoms with Gasteiger partial charge in [-0.3, -0.25) is 9.59 Å². The number of anilines is 2. The van der Waals surface area contributed by atoms with E-state index in [1.165, 1.54) is 18.2 Å². The molecule has 0 aromatic heterocycles. The monoisotopic (exact) mass is 437 g/mol. The molecule has 2 aromatic carbocycles. The molecule has 2 amide bonds. The van der Waals surface area contributed by atoms with Crippen molar-refractivity contribution in [3.8, 4) is 0 Å². The molecule has 0 spiro atoms. The fourth-order valence-electron chi connectivity index (χ4n) is 2.81. The van der Waals surface area contributed by atoms with Crippen molar-refractivity contribution in [2.45, 2.75) is 19.8 Å². The fraction of sp³-hybridized carbons (Fsp3) is 0.200. The predicted molar refractivity (Wildman–Crippen MR) is 101 cm³/mol.